The van der Waals surface area contributed by atoms with Gasteiger partial charge in [-0.1, -0.05) is 0 Å². The first-order valence-electron chi connectivity index (χ1n) is 5.04. The van der Waals surface area contributed by atoms with Gasteiger partial charge in [0.2, 0.25) is 5.28 Å². The van der Waals surface area contributed by atoms with Gasteiger partial charge in [-0.2, -0.15) is 0 Å². The summed E-state index contributed by atoms with van der Waals surface area (Å²) in [5, 5.41) is 10.5. The average Bonchev–Trinajstić information content (AvgIpc) is 2.97. The summed E-state index contributed by atoms with van der Waals surface area (Å²) in [4.78, 5) is 8.30. The van der Waals surface area contributed by atoms with Crippen molar-refractivity contribution in [3.05, 3.63) is 29.2 Å². The van der Waals surface area contributed by atoms with E-state index in [1.807, 2.05) is 0 Å². The Balaban J connectivity index is 2.36. The molecule has 3 rings (SSSR count). The lowest BCUT2D eigenvalue weighted by atomic mass is 10.1. The van der Waals surface area contributed by atoms with Crippen molar-refractivity contribution in [2.24, 2.45) is 5.73 Å². The van der Waals surface area contributed by atoms with Crippen molar-refractivity contribution in [3.8, 4) is 5.75 Å². The number of aromatic nitrogens is 2. The van der Waals surface area contributed by atoms with Crippen LogP contribution in [0.4, 0.5) is 0 Å². The second-order valence-electron chi connectivity index (χ2n) is 4.20. The van der Waals surface area contributed by atoms with Crippen LogP contribution in [0.1, 0.15) is 18.5 Å². The van der Waals surface area contributed by atoms with Crippen LogP contribution in [0, 0.1) is 0 Å². The van der Waals surface area contributed by atoms with E-state index >= 15 is 0 Å². The summed E-state index contributed by atoms with van der Waals surface area (Å²) >= 11 is 5.86. The molecule has 4 nitrogen and oxygen atoms in total. The van der Waals surface area contributed by atoms with Gasteiger partial charge in [0, 0.05) is 5.39 Å². The summed E-state index contributed by atoms with van der Waals surface area (Å²) in [5.74, 6) is 0.184. The zero-order chi connectivity index (χ0) is 11.3. The number of nitrogens with zero attached hydrogens (tertiary/aromatic N) is 2. The minimum absolute atomic E-state index is 0.184. The topological polar surface area (TPSA) is 72.0 Å². The third-order valence-electron chi connectivity index (χ3n) is 2.91. The molecule has 0 bridgehead atoms. The van der Waals surface area contributed by atoms with Crippen molar-refractivity contribution >= 4 is 22.5 Å². The van der Waals surface area contributed by atoms with E-state index in [2.05, 4.69) is 9.97 Å². The third-order valence-corrected chi connectivity index (χ3v) is 3.08. The molecule has 0 unspecified atom stereocenters. The number of rotatable bonds is 1. The fraction of sp³-hybridized carbons (Fsp3) is 0.273. The molecule has 1 aromatic heterocycles. The Labute approximate surface area is 97.1 Å². The molecular formula is C11H10ClN3O. The van der Waals surface area contributed by atoms with Gasteiger partial charge in [-0.15, -0.1) is 0 Å². The standard InChI is InChI=1S/C11H10ClN3O/c12-10-14-8-2-1-6(16)5-7(8)9(15-10)11(13)3-4-11/h1-2,5,16H,3-4,13H2. The van der Waals surface area contributed by atoms with E-state index in [0.717, 1.165) is 23.9 Å². The van der Waals surface area contributed by atoms with Crippen LogP contribution in [0.3, 0.4) is 0 Å². The van der Waals surface area contributed by atoms with Crippen molar-refractivity contribution < 1.29 is 5.11 Å². The molecule has 0 aliphatic heterocycles. The summed E-state index contributed by atoms with van der Waals surface area (Å²) in [6, 6.07) is 4.92. The Morgan fingerprint density at radius 1 is 1.31 bits per heavy atom. The first-order chi connectivity index (χ1) is 7.58. The van der Waals surface area contributed by atoms with Crippen LogP contribution in [0.2, 0.25) is 5.28 Å². The van der Waals surface area contributed by atoms with Gasteiger partial charge in [0.15, 0.2) is 0 Å². The van der Waals surface area contributed by atoms with Crippen molar-refractivity contribution in [1.82, 2.24) is 9.97 Å². The van der Waals surface area contributed by atoms with Gasteiger partial charge >= 0.3 is 0 Å². The molecule has 1 fully saturated rings. The monoisotopic (exact) mass is 235 g/mol. The second-order valence-corrected chi connectivity index (χ2v) is 4.54. The van der Waals surface area contributed by atoms with Gasteiger partial charge in [-0.3, -0.25) is 0 Å². The SMILES string of the molecule is NC1(c2nc(Cl)nc3ccc(O)cc23)CC1. The quantitative estimate of drug-likeness (QED) is 0.741. The highest BCUT2D eigenvalue weighted by molar-refractivity contribution is 6.28. The maximum absolute atomic E-state index is 9.48. The van der Waals surface area contributed by atoms with Crippen molar-refractivity contribution in [1.29, 1.82) is 0 Å². The van der Waals surface area contributed by atoms with Gasteiger partial charge in [-0.25, -0.2) is 9.97 Å². The third kappa shape index (κ3) is 1.42. The predicted octanol–water partition coefficient (Wildman–Crippen LogP) is 1.94. The first kappa shape index (κ1) is 9.81. The van der Waals surface area contributed by atoms with E-state index in [-0.39, 0.29) is 11.0 Å². The van der Waals surface area contributed by atoms with Crippen molar-refractivity contribution in [2.45, 2.75) is 18.4 Å². The van der Waals surface area contributed by atoms with Crippen LogP contribution in [-0.4, -0.2) is 15.1 Å². The fourth-order valence-electron chi connectivity index (χ4n) is 1.84. The van der Waals surface area contributed by atoms with E-state index in [4.69, 9.17) is 17.3 Å². The lowest BCUT2D eigenvalue weighted by Crippen LogP contribution is -2.21. The Bertz CT molecular complexity index is 581. The van der Waals surface area contributed by atoms with Crippen LogP contribution in [-0.2, 0) is 5.54 Å². The predicted molar refractivity (Wildman–Crippen MR) is 61.3 cm³/mol. The lowest BCUT2D eigenvalue weighted by Gasteiger charge is -2.11. The number of aromatic hydroxyl groups is 1. The summed E-state index contributed by atoms with van der Waals surface area (Å²) in [6.45, 7) is 0. The minimum Gasteiger partial charge on any atom is -0.508 e. The largest absolute Gasteiger partial charge is 0.508 e. The van der Waals surface area contributed by atoms with E-state index in [9.17, 15) is 5.11 Å². The molecular weight excluding hydrogens is 226 g/mol. The number of phenols is 1. The van der Waals surface area contributed by atoms with Crippen molar-refractivity contribution in [2.75, 3.05) is 0 Å². The first-order valence-corrected chi connectivity index (χ1v) is 5.42. The number of hydrogen-bond donors (Lipinski definition) is 2. The average molecular weight is 236 g/mol. The second kappa shape index (κ2) is 3.06. The molecule has 2 aromatic rings. The summed E-state index contributed by atoms with van der Waals surface area (Å²) in [5.41, 5.74) is 7.18. The van der Waals surface area contributed by atoms with E-state index < -0.39 is 5.54 Å². The Morgan fingerprint density at radius 3 is 2.75 bits per heavy atom. The van der Waals surface area contributed by atoms with Crippen LogP contribution in [0.25, 0.3) is 10.9 Å². The normalized spacial score (nSPS) is 17.6. The lowest BCUT2D eigenvalue weighted by molar-refractivity contribution is 0.476. The fourth-order valence-corrected chi connectivity index (χ4v) is 2.01. The maximum Gasteiger partial charge on any atom is 0.223 e. The summed E-state index contributed by atoms with van der Waals surface area (Å²) in [6.07, 6.45) is 1.79. The van der Waals surface area contributed by atoms with Crippen LogP contribution in [0.15, 0.2) is 18.2 Å². The van der Waals surface area contributed by atoms with E-state index in [0.29, 0.717) is 5.52 Å². The van der Waals surface area contributed by atoms with Crippen LogP contribution >= 0.6 is 11.6 Å². The number of nitrogens with two attached hydrogens (primary N) is 1. The van der Waals surface area contributed by atoms with Crippen LogP contribution in [0.5, 0.6) is 5.75 Å². The van der Waals surface area contributed by atoms with E-state index in [1.54, 1.807) is 18.2 Å². The van der Waals surface area contributed by atoms with Gasteiger partial charge in [0.05, 0.1) is 16.7 Å². The molecule has 1 heterocycles. The Hall–Kier alpha value is -1.39. The molecule has 0 saturated heterocycles. The smallest absolute Gasteiger partial charge is 0.223 e. The highest BCUT2D eigenvalue weighted by Gasteiger charge is 2.43. The molecule has 5 heteroatoms. The Kier molecular flexibility index (Phi) is 1.87. The van der Waals surface area contributed by atoms with Gasteiger partial charge in [-0.05, 0) is 42.6 Å². The van der Waals surface area contributed by atoms with Crippen molar-refractivity contribution in [3.63, 3.8) is 0 Å². The molecule has 0 amide bonds. The highest BCUT2D eigenvalue weighted by Crippen LogP contribution is 2.44. The molecule has 0 atom stereocenters. The minimum atomic E-state index is -0.390. The zero-order valence-electron chi connectivity index (χ0n) is 8.44. The number of hydrogen-bond acceptors (Lipinski definition) is 4. The maximum atomic E-state index is 9.48. The Morgan fingerprint density at radius 2 is 2.06 bits per heavy atom. The molecule has 1 aromatic carbocycles. The van der Waals surface area contributed by atoms with Crippen LogP contribution < -0.4 is 5.73 Å². The number of fused-ring (bicyclic) bond motifs is 1. The molecule has 1 aliphatic carbocycles. The molecule has 1 saturated carbocycles. The molecule has 0 spiro atoms. The van der Waals surface area contributed by atoms with Gasteiger partial charge < -0.3 is 10.8 Å². The number of halogens is 1. The molecule has 82 valence electrons. The number of phenolic OH excluding ortho intramolecular Hbond substituents is 1. The zero-order valence-corrected chi connectivity index (χ0v) is 9.20. The van der Waals surface area contributed by atoms with Gasteiger partial charge in [0.1, 0.15) is 5.75 Å². The van der Waals surface area contributed by atoms with Gasteiger partial charge in [0.25, 0.3) is 0 Å². The summed E-state index contributed by atoms with van der Waals surface area (Å²) < 4.78 is 0. The molecule has 3 N–H and O–H groups in total. The highest BCUT2D eigenvalue weighted by atomic mass is 35.5. The summed E-state index contributed by atoms with van der Waals surface area (Å²) in [7, 11) is 0. The molecule has 16 heavy (non-hydrogen) atoms. The molecule has 1 aliphatic rings. The molecule has 0 radical (unpaired) electrons. The number of benzene rings is 1. The van der Waals surface area contributed by atoms with E-state index in [1.165, 1.54) is 0 Å².